The molecule has 9 nitrogen and oxygen atoms in total. The second-order valence-electron chi connectivity index (χ2n) is 7.59. The monoisotopic (exact) mass is 493 g/mol. The summed E-state index contributed by atoms with van der Waals surface area (Å²) < 4.78 is 17.1. The number of carbonyl (C=O) groups excluding carboxylic acids is 2. The molecule has 0 bridgehead atoms. The molecule has 0 aliphatic rings. The second-order valence-corrected chi connectivity index (χ2v) is 8.59. The van der Waals surface area contributed by atoms with Gasteiger partial charge in [-0.3, -0.25) is 14.2 Å². The maximum Gasteiger partial charge on any atom is 0.349 e. The number of nitrogens with zero attached hydrogens (tertiary/aromatic N) is 2. The fourth-order valence-electron chi connectivity index (χ4n) is 3.50. The van der Waals surface area contributed by atoms with Crippen LogP contribution in [0.2, 0.25) is 0 Å². The van der Waals surface area contributed by atoms with Gasteiger partial charge in [0.2, 0.25) is 5.91 Å². The van der Waals surface area contributed by atoms with Crippen LogP contribution in [0.5, 0.6) is 11.5 Å². The van der Waals surface area contributed by atoms with Crippen molar-refractivity contribution < 1.29 is 23.8 Å². The van der Waals surface area contributed by atoms with Crippen LogP contribution in [0, 0.1) is 6.92 Å². The van der Waals surface area contributed by atoms with Gasteiger partial charge in [-0.15, -0.1) is 11.3 Å². The third-order valence-electron chi connectivity index (χ3n) is 5.31. The van der Waals surface area contributed by atoms with Crippen molar-refractivity contribution in [1.82, 2.24) is 9.55 Å². The van der Waals surface area contributed by atoms with Gasteiger partial charge in [0.05, 0.1) is 31.6 Å². The van der Waals surface area contributed by atoms with E-state index in [-0.39, 0.29) is 13.2 Å². The van der Waals surface area contributed by atoms with Crippen LogP contribution < -0.4 is 20.3 Å². The van der Waals surface area contributed by atoms with E-state index < -0.39 is 17.4 Å². The van der Waals surface area contributed by atoms with E-state index in [1.807, 2.05) is 30.3 Å². The summed E-state index contributed by atoms with van der Waals surface area (Å²) in [7, 11) is 3.01. The number of amides is 1. The first-order valence-corrected chi connectivity index (χ1v) is 11.4. The molecule has 2 aromatic heterocycles. The van der Waals surface area contributed by atoms with Crippen molar-refractivity contribution in [3.05, 3.63) is 81.2 Å². The number of aromatic nitrogens is 2. The number of anilines is 1. The Kier molecular flexibility index (Phi) is 7.11. The Morgan fingerprint density at radius 1 is 1.09 bits per heavy atom. The number of hydrogen-bond donors (Lipinski definition) is 1. The van der Waals surface area contributed by atoms with E-state index in [9.17, 15) is 14.4 Å². The summed E-state index contributed by atoms with van der Waals surface area (Å²) in [4.78, 5) is 43.4. The first-order chi connectivity index (χ1) is 16.9. The number of nitrogens with one attached hydrogen (secondary N) is 1. The van der Waals surface area contributed by atoms with E-state index in [1.54, 1.807) is 25.1 Å². The Morgan fingerprint density at radius 2 is 1.86 bits per heavy atom. The lowest BCUT2D eigenvalue weighted by molar-refractivity contribution is -0.116. The SMILES string of the molecule is COc1ccc(NC(=O)Cn2cnc3sc(C(=O)OCc4ccccc4)c(C)c3c2=O)c(OC)c1. The molecule has 0 unspecified atom stereocenters. The molecule has 0 radical (unpaired) electrons. The number of carbonyl (C=O) groups is 2. The van der Waals surface area contributed by atoms with Crippen molar-refractivity contribution in [3.8, 4) is 11.5 Å². The van der Waals surface area contributed by atoms with Crippen LogP contribution in [0.3, 0.4) is 0 Å². The van der Waals surface area contributed by atoms with Crippen LogP contribution in [0.4, 0.5) is 5.69 Å². The van der Waals surface area contributed by atoms with E-state index in [4.69, 9.17) is 14.2 Å². The number of esters is 1. The lowest BCUT2D eigenvalue weighted by Crippen LogP contribution is -2.28. The Labute approximate surface area is 204 Å². The highest BCUT2D eigenvalue weighted by Crippen LogP contribution is 2.29. The summed E-state index contributed by atoms with van der Waals surface area (Å²) >= 11 is 1.09. The molecule has 10 heteroatoms. The predicted molar refractivity (Wildman–Crippen MR) is 132 cm³/mol. The molecule has 0 saturated heterocycles. The molecule has 0 atom stereocenters. The highest BCUT2D eigenvalue weighted by molar-refractivity contribution is 7.20. The van der Waals surface area contributed by atoms with Gasteiger partial charge in [-0.2, -0.15) is 0 Å². The maximum atomic E-state index is 13.1. The first kappa shape index (κ1) is 24.0. The number of fused-ring (bicyclic) bond motifs is 1. The quantitative estimate of drug-likeness (QED) is 0.372. The first-order valence-electron chi connectivity index (χ1n) is 10.6. The molecule has 4 aromatic rings. The van der Waals surface area contributed by atoms with Gasteiger partial charge >= 0.3 is 5.97 Å². The minimum Gasteiger partial charge on any atom is -0.497 e. The van der Waals surface area contributed by atoms with E-state index >= 15 is 0 Å². The van der Waals surface area contributed by atoms with Gasteiger partial charge < -0.3 is 19.5 Å². The molecule has 2 aromatic carbocycles. The number of ether oxygens (including phenoxy) is 3. The van der Waals surface area contributed by atoms with Crippen LogP contribution in [-0.4, -0.2) is 35.6 Å². The smallest absolute Gasteiger partial charge is 0.349 e. The van der Waals surface area contributed by atoms with Gasteiger partial charge in [0, 0.05) is 6.07 Å². The van der Waals surface area contributed by atoms with Gasteiger partial charge in [0.1, 0.15) is 34.4 Å². The highest BCUT2D eigenvalue weighted by Gasteiger charge is 2.21. The molecule has 2 heterocycles. The average molecular weight is 494 g/mol. The number of rotatable bonds is 8. The molecule has 0 spiro atoms. The number of thiophene rings is 1. The van der Waals surface area contributed by atoms with Gasteiger partial charge in [0.15, 0.2) is 0 Å². The van der Waals surface area contributed by atoms with Crippen molar-refractivity contribution in [1.29, 1.82) is 0 Å². The average Bonchev–Trinajstić information content (AvgIpc) is 3.22. The zero-order chi connectivity index (χ0) is 24.9. The molecule has 180 valence electrons. The number of benzene rings is 2. The topological polar surface area (TPSA) is 109 Å². The molecule has 4 rings (SSSR count). The highest BCUT2D eigenvalue weighted by atomic mass is 32.1. The fraction of sp³-hybridized carbons (Fsp3) is 0.200. The minimum atomic E-state index is -0.523. The normalized spacial score (nSPS) is 10.7. The zero-order valence-electron chi connectivity index (χ0n) is 19.4. The summed E-state index contributed by atoms with van der Waals surface area (Å²) in [5.41, 5.74) is 1.37. The Morgan fingerprint density at radius 3 is 2.57 bits per heavy atom. The molecule has 1 amide bonds. The fourth-order valence-corrected chi connectivity index (χ4v) is 4.53. The van der Waals surface area contributed by atoms with Crippen molar-refractivity contribution in [2.24, 2.45) is 0 Å². The van der Waals surface area contributed by atoms with Gasteiger partial charge in [0.25, 0.3) is 5.56 Å². The third-order valence-corrected chi connectivity index (χ3v) is 6.49. The summed E-state index contributed by atoms with van der Waals surface area (Å²) in [5.74, 6) is 0.0412. The molecule has 0 aliphatic heterocycles. The Balaban J connectivity index is 1.52. The molecule has 0 saturated carbocycles. The van der Waals surface area contributed by atoms with E-state index in [2.05, 4.69) is 10.3 Å². The molecule has 0 fully saturated rings. The Hall–Kier alpha value is -4.18. The molecular formula is C25H23N3O6S. The summed E-state index contributed by atoms with van der Waals surface area (Å²) in [6.07, 6.45) is 1.30. The van der Waals surface area contributed by atoms with E-state index in [0.717, 1.165) is 16.9 Å². The van der Waals surface area contributed by atoms with Gasteiger partial charge in [-0.1, -0.05) is 30.3 Å². The van der Waals surface area contributed by atoms with Gasteiger partial charge in [-0.05, 0) is 30.2 Å². The third kappa shape index (κ3) is 5.17. The lowest BCUT2D eigenvalue weighted by atomic mass is 10.2. The summed E-state index contributed by atoms with van der Waals surface area (Å²) in [6.45, 7) is 1.54. The number of methoxy groups -OCH3 is 2. The summed E-state index contributed by atoms with van der Waals surface area (Å²) in [5, 5.41) is 3.02. The molecule has 35 heavy (non-hydrogen) atoms. The van der Waals surface area contributed by atoms with Crippen molar-refractivity contribution in [3.63, 3.8) is 0 Å². The number of aryl methyl sites for hydroxylation is 1. The standard InChI is InChI=1S/C25H23N3O6S/c1-15-21-23(35-22(15)25(31)34-13-16-7-5-4-6-8-16)26-14-28(24(21)30)12-20(29)27-18-10-9-17(32-2)11-19(18)33-3/h4-11,14H,12-13H2,1-3H3,(H,27,29). The Bertz CT molecular complexity index is 1450. The van der Waals surface area contributed by atoms with Crippen LogP contribution >= 0.6 is 11.3 Å². The zero-order valence-corrected chi connectivity index (χ0v) is 20.2. The van der Waals surface area contributed by atoms with E-state index in [1.165, 1.54) is 25.1 Å². The van der Waals surface area contributed by atoms with Crippen LogP contribution in [0.15, 0.2) is 59.7 Å². The molecular weight excluding hydrogens is 470 g/mol. The van der Waals surface area contributed by atoms with Crippen LogP contribution in [-0.2, 0) is 22.7 Å². The van der Waals surface area contributed by atoms with Gasteiger partial charge in [-0.25, -0.2) is 9.78 Å². The number of hydrogen-bond acceptors (Lipinski definition) is 8. The minimum absolute atomic E-state index is 0.125. The molecule has 1 N–H and O–H groups in total. The summed E-state index contributed by atoms with van der Waals surface area (Å²) in [6, 6.07) is 14.3. The molecule has 0 aliphatic carbocycles. The van der Waals surface area contributed by atoms with Crippen LogP contribution in [0.1, 0.15) is 20.8 Å². The lowest BCUT2D eigenvalue weighted by Gasteiger charge is -2.12. The predicted octanol–water partition coefficient (Wildman–Crippen LogP) is 3.78. The van der Waals surface area contributed by atoms with E-state index in [0.29, 0.717) is 37.8 Å². The van der Waals surface area contributed by atoms with Crippen LogP contribution in [0.25, 0.3) is 10.2 Å². The largest absolute Gasteiger partial charge is 0.497 e. The second kappa shape index (κ2) is 10.4. The van der Waals surface area contributed by atoms with Crippen molar-refractivity contribution in [2.45, 2.75) is 20.1 Å². The van der Waals surface area contributed by atoms with Crippen molar-refractivity contribution in [2.75, 3.05) is 19.5 Å². The maximum absolute atomic E-state index is 13.1. The van der Waals surface area contributed by atoms with Crippen molar-refractivity contribution >= 4 is 39.1 Å².